The Hall–Kier alpha value is -0.640. The molecule has 0 saturated carbocycles. The Kier molecular flexibility index (Phi) is 3.01. The Labute approximate surface area is 95.2 Å². The summed E-state index contributed by atoms with van der Waals surface area (Å²) in [5.74, 6) is 0. The summed E-state index contributed by atoms with van der Waals surface area (Å²) in [5.41, 5.74) is 2.15. The van der Waals surface area contributed by atoms with E-state index in [1.165, 1.54) is 10.4 Å². The molecule has 72 valence electrons. The second kappa shape index (κ2) is 4.26. The molecule has 1 aromatic heterocycles. The normalized spacial score (nSPS) is 10.4. The van der Waals surface area contributed by atoms with Crippen LogP contribution in [0.25, 0.3) is 10.4 Å². The van der Waals surface area contributed by atoms with Gasteiger partial charge in [-0.15, -0.1) is 11.3 Å². The van der Waals surface area contributed by atoms with E-state index in [0.29, 0.717) is 0 Å². The van der Waals surface area contributed by atoms with Gasteiger partial charge < -0.3 is 5.11 Å². The summed E-state index contributed by atoms with van der Waals surface area (Å²) in [4.78, 5) is 1.18. The molecular formula is C11H9BrOS. The summed E-state index contributed by atoms with van der Waals surface area (Å²) in [6.45, 7) is 0.0872. The van der Waals surface area contributed by atoms with Crippen molar-refractivity contribution >= 4 is 27.3 Å². The molecule has 2 rings (SSSR count). The Morgan fingerprint density at radius 3 is 2.50 bits per heavy atom. The van der Waals surface area contributed by atoms with Gasteiger partial charge in [0, 0.05) is 10.4 Å². The van der Waals surface area contributed by atoms with Crippen LogP contribution >= 0.6 is 27.3 Å². The molecule has 0 atom stereocenters. The second-order valence-corrected chi connectivity index (χ2v) is 5.30. The van der Waals surface area contributed by atoms with Crippen molar-refractivity contribution in [3.8, 4) is 10.4 Å². The largest absolute Gasteiger partial charge is 0.392 e. The summed E-state index contributed by atoms with van der Waals surface area (Å²) < 4.78 is 1.01. The summed E-state index contributed by atoms with van der Waals surface area (Å²) in [5, 5.41) is 9.06. The third-order valence-electron chi connectivity index (χ3n) is 1.99. The molecule has 0 fully saturated rings. The van der Waals surface area contributed by atoms with Gasteiger partial charge in [0.25, 0.3) is 0 Å². The molecule has 0 unspecified atom stereocenters. The fraction of sp³-hybridized carbons (Fsp3) is 0.0909. The molecule has 0 amide bonds. The highest BCUT2D eigenvalue weighted by Crippen LogP contribution is 2.34. The number of aliphatic hydroxyl groups is 1. The van der Waals surface area contributed by atoms with E-state index in [2.05, 4.69) is 28.1 Å². The van der Waals surface area contributed by atoms with E-state index in [1.807, 2.05) is 24.3 Å². The van der Waals surface area contributed by atoms with Crippen LogP contribution in [-0.2, 0) is 6.61 Å². The molecule has 0 bridgehead atoms. The smallest absolute Gasteiger partial charge is 0.0760 e. The predicted molar refractivity (Wildman–Crippen MR) is 63.4 cm³/mol. The number of rotatable bonds is 2. The maximum absolute atomic E-state index is 9.06. The number of benzene rings is 1. The summed E-state index contributed by atoms with van der Waals surface area (Å²) >= 11 is 5.08. The van der Waals surface area contributed by atoms with Gasteiger partial charge in [-0.2, -0.15) is 0 Å². The van der Waals surface area contributed by atoms with E-state index < -0.39 is 0 Å². The summed E-state index contributed by atoms with van der Waals surface area (Å²) in [7, 11) is 0. The molecule has 0 saturated heterocycles. The van der Waals surface area contributed by atoms with Crippen LogP contribution in [0.5, 0.6) is 0 Å². The number of halogens is 1. The van der Waals surface area contributed by atoms with Crippen molar-refractivity contribution < 1.29 is 5.11 Å². The zero-order chi connectivity index (χ0) is 9.97. The lowest BCUT2D eigenvalue weighted by Gasteiger charge is -1.93. The lowest BCUT2D eigenvalue weighted by molar-refractivity contribution is 0.281. The molecule has 2 aromatic rings. The maximum atomic E-state index is 9.06. The molecule has 1 aromatic carbocycles. The summed E-state index contributed by atoms with van der Waals surface area (Å²) in [6, 6.07) is 12.2. The van der Waals surface area contributed by atoms with Crippen molar-refractivity contribution in [1.29, 1.82) is 0 Å². The molecule has 1 N–H and O–H groups in total. The SMILES string of the molecule is OCc1cc(-c2ccccc2)sc1Br. The average molecular weight is 269 g/mol. The van der Waals surface area contributed by atoms with Gasteiger partial charge in [0.2, 0.25) is 0 Å². The van der Waals surface area contributed by atoms with Gasteiger partial charge in [-0.25, -0.2) is 0 Å². The maximum Gasteiger partial charge on any atom is 0.0760 e. The van der Waals surface area contributed by atoms with Crippen molar-refractivity contribution in [3.05, 3.63) is 45.7 Å². The number of hydrogen-bond acceptors (Lipinski definition) is 2. The fourth-order valence-electron chi connectivity index (χ4n) is 1.26. The highest BCUT2D eigenvalue weighted by atomic mass is 79.9. The van der Waals surface area contributed by atoms with Crippen LogP contribution in [0.2, 0.25) is 0 Å². The third-order valence-corrected chi connectivity index (χ3v) is 4.00. The molecule has 1 nitrogen and oxygen atoms in total. The first-order valence-corrected chi connectivity index (χ1v) is 5.86. The van der Waals surface area contributed by atoms with Crippen LogP contribution in [0.1, 0.15) is 5.56 Å². The van der Waals surface area contributed by atoms with Crippen LogP contribution in [-0.4, -0.2) is 5.11 Å². The fourth-order valence-corrected chi connectivity index (χ4v) is 2.92. The van der Waals surface area contributed by atoms with E-state index in [4.69, 9.17) is 5.11 Å². The Bertz CT molecular complexity index is 422. The van der Waals surface area contributed by atoms with E-state index >= 15 is 0 Å². The van der Waals surface area contributed by atoms with Gasteiger partial charge in [-0.1, -0.05) is 30.3 Å². The third kappa shape index (κ3) is 1.90. The molecule has 1 heterocycles. The molecule has 0 aliphatic carbocycles. The molecule has 0 spiro atoms. The van der Waals surface area contributed by atoms with Crippen molar-refractivity contribution in [2.75, 3.05) is 0 Å². The minimum absolute atomic E-state index is 0.0872. The quantitative estimate of drug-likeness (QED) is 0.881. The van der Waals surface area contributed by atoms with E-state index in [0.717, 1.165) is 9.35 Å². The monoisotopic (exact) mass is 268 g/mol. The zero-order valence-electron chi connectivity index (χ0n) is 7.40. The van der Waals surface area contributed by atoms with Gasteiger partial charge in [0.1, 0.15) is 0 Å². The van der Waals surface area contributed by atoms with E-state index in [-0.39, 0.29) is 6.61 Å². The first-order chi connectivity index (χ1) is 6.81. The van der Waals surface area contributed by atoms with Crippen molar-refractivity contribution in [3.63, 3.8) is 0 Å². The standard InChI is InChI=1S/C11H9BrOS/c12-11-9(7-13)6-10(14-11)8-4-2-1-3-5-8/h1-6,13H,7H2. The highest BCUT2D eigenvalue weighted by molar-refractivity contribution is 9.11. The van der Waals surface area contributed by atoms with Crippen LogP contribution in [0.15, 0.2) is 40.2 Å². The zero-order valence-corrected chi connectivity index (χ0v) is 9.81. The minimum Gasteiger partial charge on any atom is -0.392 e. The first-order valence-electron chi connectivity index (χ1n) is 4.26. The highest BCUT2D eigenvalue weighted by Gasteiger charge is 2.06. The van der Waals surface area contributed by atoms with Crippen LogP contribution in [0, 0.1) is 0 Å². The van der Waals surface area contributed by atoms with Crippen molar-refractivity contribution in [2.24, 2.45) is 0 Å². The second-order valence-electron chi connectivity index (χ2n) is 2.93. The molecule has 0 aliphatic rings. The topological polar surface area (TPSA) is 20.2 Å². The van der Waals surface area contributed by atoms with Gasteiger partial charge in [0.05, 0.1) is 10.4 Å². The molecule has 3 heteroatoms. The molecule has 0 radical (unpaired) electrons. The average Bonchev–Trinajstić information content (AvgIpc) is 2.61. The van der Waals surface area contributed by atoms with Gasteiger partial charge in [-0.3, -0.25) is 0 Å². The predicted octanol–water partition coefficient (Wildman–Crippen LogP) is 3.67. The molecule has 14 heavy (non-hydrogen) atoms. The van der Waals surface area contributed by atoms with Crippen LogP contribution in [0.3, 0.4) is 0 Å². The molecule has 0 aliphatic heterocycles. The Morgan fingerprint density at radius 1 is 1.21 bits per heavy atom. The van der Waals surface area contributed by atoms with E-state index in [1.54, 1.807) is 11.3 Å². The molecular weight excluding hydrogens is 260 g/mol. The Balaban J connectivity index is 2.43. The van der Waals surface area contributed by atoms with Gasteiger partial charge >= 0.3 is 0 Å². The first kappa shape index (κ1) is 9.90. The minimum atomic E-state index is 0.0872. The van der Waals surface area contributed by atoms with E-state index in [9.17, 15) is 0 Å². The summed E-state index contributed by atoms with van der Waals surface area (Å²) in [6.07, 6.45) is 0. The van der Waals surface area contributed by atoms with Crippen LogP contribution < -0.4 is 0 Å². The van der Waals surface area contributed by atoms with Gasteiger partial charge in [-0.05, 0) is 27.6 Å². The number of hydrogen-bond donors (Lipinski definition) is 1. The lowest BCUT2D eigenvalue weighted by Crippen LogP contribution is -1.76. The van der Waals surface area contributed by atoms with Gasteiger partial charge in [0.15, 0.2) is 0 Å². The number of aliphatic hydroxyl groups excluding tert-OH is 1. The lowest BCUT2D eigenvalue weighted by atomic mass is 10.2. The van der Waals surface area contributed by atoms with Crippen molar-refractivity contribution in [1.82, 2.24) is 0 Å². The number of thiophene rings is 1. The Morgan fingerprint density at radius 2 is 1.93 bits per heavy atom. The van der Waals surface area contributed by atoms with Crippen molar-refractivity contribution in [2.45, 2.75) is 6.61 Å². The van der Waals surface area contributed by atoms with Crippen LogP contribution in [0.4, 0.5) is 0 Å².